The molecule has 7 heteroatoms. The number of carbonyl (C=O) groups is 2. The van der Waals surface area contributed by atoms with Gasteiger partial charge in [0.1, 0.15) is 5.75 Å². The van der Waals surface area contributed by atoms with Crippen molar-refractivity contribution >= 4 is 11.9 Å². The van der Waals surface area contributed by atoms with Crippen LogP contribution in [0.15, 0.2) is 24.3 Å². The number of carboxylic acid groups (broad SMARTS) is 1. The normalized spacial score (nSPS) is 25.1. The van der Waals surface area contributed by atoms with Crippen molar-refractivity contribution in [3.8, 4) is 5.75 Å². The summed E-state index contributed by atoms with van der Waals surface area (Å²) in [5.74, 6) is -0.457. The van der Waals surface area contributed by atoms with E-state index in [0.717, 1.165) is 6.54 Å². The van der Waals surface area contributed by atoms with Gasteiger partial charge in [-0.05, 0) is 25.2 Å². The zero-order chi connectivity index (χ0) is 18.0. The Hall–Kier alpha value is -2.12. The number of piperazine rings is 1. The van der Waals surface area contributed by atoms with Crippen LogP contribution in [0.4, 0.5) is 0 Å². The summed E-state index contributed by atoms with van der Waals surface area (Å²) < 4.78 is 5.20. The Morgan fingerprint density at radius 1 is 1.16 bits per heavy atom. The summed E-state index contributed by atoms with van der Waals surface area (Å²) in [5, 5.41) is 9.38. The van der Waals surface area contributed by atoms with Crippen LogP contribution in [0.2, 0.25) is 0 Å². The van der Waals surface area contributed by atoms with Crippen molar-refractivity contribution < 1.29 is 19.4 Å². The third-order valence-corrected chi connectivity index (χ3v) is 5.07. The highest BCUT2D eigenvalue weighted by Gasteiger charge is 2.36. The lowest BCUT2D eigenvalue weighted by Crippen LogP contribution is -2.57. The summed E-state index contributed by atoms with van der Waals surface area (Å²) in [6.07, 6.45) is 0. The highest BCUT2D eigenvalue weighted by Crippen LogP contribution is 2.21. The van der Waals surface area contributed by atoms with Crippen LogP contribution in [0.25, 0.3) is 0 Å². The van der Waals surface area contributed by atoms with Gasteiger partial charge in [-0.3, -0.25) is 14.5 Å². The van der Waals surface area contributed by atoms with E-state index < -0.39 is 5.97 Å². The number of likely N-dealkylation sites (N-methyl/N-ethyl adjacent to an activating group) is 1. The highest BCUT2D eigenvalue weighted by atomic mass is 16.5. The molecule has 2 unspecified atom stereocenters. The van der Waals surface area contributed by atoms with Crippen molar-refractivity contribution in [3.63, 3.8) is 0 Å². The largest absolute Gasteiger partial charge is 0.497 e. The monoisotopic (exact) mass is 347 g/mol. The zero-order valence-electron chi connectivity index (χ0n) is 14.7. The molecule has 0 bridgehead atoms. The molecule has 0 radical (unpaired) electrons. The molecule has 2 atom stereocenters. The molecule has 1 N–H and O–H groups in total. The Kier molecular flexibility index (Phi) is 5.24. The molecule has 2 heterocycles. The summed E-state index contributed by atoms with van der Waals surface area (Å²) >= 11 is 0. The minimum atomic E-state index is -0.748. The second-order valence-electron chi connectivity index (χ2n) is 6.89. The molecule has 1 aromatic rings. The first kappa shape index (κ1) is 17.7. The first-order valence-corrected chi connectivity index (χ1v) is 8.56. The summed E-state index contributed by atoms with van der Waals surface area (Å²) in [7, 11) is 3.53. The molecular weight excluding hydrogens is 322 g/mol. The summed E-state index contributed by atoms with van der Waals surface area (Å²) in [6, 6.07) is 7.36. The van der Waals surface area contributed by atoms with Crippen LogP contribution in [0.1, 0.15) is 10.4 Å². The molecule has 0 spiro atoms. The smallest absolute Gasteiger partial charge is 0.309 e. The second-order valence-corrected chi connectivity index (χ2v) is 6.89. The molecule has 0 saturated carbocycles. The third kappa shape index (κ3) is 3.93. The molecule has 3 rings (SSSR count). The fourth-order valence-corrected chi connectivity index (χ4v) is 3.74. The number of amides is 1. The van der Waals surface area contributed by atoms with E-state index in [2.05, 4.69) is 9.80 Å². The molecule has 2 fully saturated rings. The standard InChI is InChI=1S/C18H25N3O4/c1-19-9-14(18(23)24)10-20-6-7-21(12-15(20)11-19)17(22)13-4-3-5-16(8-13)25-2/h3-5,8,14-15H,6-7,9-12H2,1-2H3,(H,23,24). The first-order valence-electron chi connectivity index (χ1n) is 8.56. The van der Waals surface area contributed by atoms with Gasteiger partial charge in [-0.25, -0.2) is 0 Å². The van der Waals surface area contributed by atoms with Crippen LogP contribution in [-0.2, 0) is 4.79 Å². The molecule has 1 aromatic carbocycles. The first-order chi connectivity index (χ1) is 12.0. The molecule has 2 aliphatic heterocycles. The minimum absolute atomic E-state index is 0.000217. The molecule has 2 aliphatic rings. The van der Waals surface area contributed by atoms with Gasteiger partial charge in [0, 0.05) is 50.9 Å². The van der Waals surface area contributed by atoms with Gasteiger partial charge < -0.3 is 19.6 Å². The Balaban J connectivity index is 1.71. The Morgan fingerprint density at radius 3 is 2.68 bits per heavy atom. The van der Waals surface area contributed by atoms with E-state index in [-0.39, 0.29) is 17.9 Å². The van der Waals surface area contributed by atoms with Crippen LogP contribution < -0.4 is 4.74 Å². The number of hydrogen-bond acceptors (Lipinski definition) is 5. The number of ether oxygens (including phenoxy) is 1. The van der Waals surface area contributed by atoms with Gasteiger partial charge in [0.25, 0.3) is 5.91 Å². The van der Waals surface area contributed by atoms with E-state index in [1.165, 1.54) is 0 Å². The van der Waals surface area contributed by atoms with Crippen molar-refractivity contribution in [2.45, 2.75) is 6.04 Å². The van der Waals surface area contributed by atoms with E-state index >= 15 is 0 Å². The number of nitrogens with zero attached hydrogens (tertiary/aromatic N) is 3. The summed E-state index contributed by atoms with van der Waals surface area (Å²) in [4.78, 5) is 30.4. The van der Waals surface area contributed by atoms with E-state index in [9.17, 15) is 14.7 Å². The summed E-state index contributed by atoms with van der Waals surface area (Å²) in [6.45, 7) is 3.80. The molecular formula is C18H25N3O4. The molecule has 1 amide bonds. The number of benzene rings is 1. The fourth-order valence-electron chi connectivity index (χ4n) is 3.74. The van der Waals surface area contributed by atoms with Crippen LogP contribution in [-0.4, -0.2) is 91.2 Å². The lowest BCUT2D eigenvalue weighted by atomic mass is 10.1. The average molecular weight is 347 g/mol. The Morgan fingerprint density at radius 2 is 1.96 bits per heavy atom. The van der Waals surface area contributed by atoms with Gasteiger partial charge in [-0.15, -0.1) is 0 Å². The predicted octanol–water partition coefficient (Wildman–Crippen LogP) is 0.468. The molecule has 7 nitrogen and oxygen atoms in total. The maximum absolute atomic E-state index is 12.8. The van der Waals surface area contributed by atoms with Crippen molar-refractivity contribution in [1.29, 1.82) is 0 Å². The topological polar surface area (TPSA) is 73.3 Å². The zero-order valence-corrected chi connectivity index (χ0v) is 14.7. The average Bonchev–Trinajstić information content (AvgIpc) is 2.78. The highest BCUT2D eigenvalue weighted by molar-refractivity contribution is 5.94. The van der Waals surface area contributed by atoms with Crippen molar-refractivity contribution in [1.82, 2.24) is 14.7 Å². The fraction of sp³-hybridized carbons (Fsp3) is 0.556. The molecule has 25 heavy (non-hydrogen) atoms. The van der Waals surface area contributed by atoms with Gasteiger partial charge in [0.15, 0.2) is 0 Å². The van der Waals surface area contributed by atoms with Gasteiger partial charge in [-0.2, -0.15) is 0 Å². The SMILES string of the molecule is COc1cccc(C(=O)N2CCN3CC(C(=O)O)CN(C)CC3C2)c1. The van der Waals surface area contributed by atoms with E-state index in [0.29, 0.717) is 44.0 Å². The lowest BCUT2D eigenvalue weighted by Gasteiger charge is -2.41. The van der Waals surface area contributed by atoms with E-state index in [1.54, 1.807) is 19.2 Å². The number of carboxylic acids is 1. The van der Waals surface area contributed by atoms with E-state index in [1.807, 2.05) is 24.1 Å². The second kappa shape index (κ2) is 7.41. The maximum Gasteiger partial charge on any atom is 0.309 e. The van der Waals surface area contributed by atoms with Crippen molar-refractivity contribution in [2.75, 3.05) is 53.4 Å². The number of carbonyl (C=O) groups excluding carboxylic acids is 1. The number of methoxy groups -OCH3 is 1. The predicted molar refractivity (Wildman–Crippen MR) is 92.9 cm³/mol. The number of aliphatic carboxylic acids is 1. The summed E-state index contributed by atoms with van der Waals surface area (Å²) in [5.41, 5.74) is 0.623. The van der Waals surface area contributed by atoms with E-state index in [4.69, 9.17) is 4.74 Å². The molecule has 136 valence electrons. The number of rotatable bonds is 3. The van der Waals surface area contributed by atoms with Gasteiger partial charge >= 0.3 is 5.97 Å². The molecule has 0 aromatic heterocycles. The van der Waals surface area contributed by atoms with Gasteiger partial charge in [0.05, 0.1) is 13.0 Å². The van der Waals surface area contributed by atoms with Crippen LogP contribution in [0.5, 0.6) is 5.75 Å². The number of hydrogen-bond donors (Lipinski definition) is 1. The van der Waals surface area contributed by atoms with Crippen LogP contribution >= 0.6 is 0 Å². The molecule has 2 saturated heterocycles. The lowest BCUT2D eigenvalue weighted by molar-refractivity contribution is -0.142. The Bertz CT molecular complexity index is 651. The molecule has 0 aliphatic carbocycles. The minimum Gasteiger partial charge on any atom is -0.497 e. The Labute approximate surface area is 147 Å². The third-order valence-electron chi connectivity index (χ3n) is 5.07. The van der Waals surface area contributed by atoms with Crippen LogP contribution in [0.3, 0.4) is 0 Å². The van der Waals surface area contributed by atoms with Crippen molar-refractivity contribution in [3.05, 3.63) is 29.8 Å². The van der Waals surface area contributed by atoms with Gasteiger partial charge in [-0.1, -0.05) is 6.07 Å². The number of fused-ring (bicyclic) bond motifs is 1. The van der Waals surface area contributed by atoms with Crippen LogP contribution in [0, 0.1) is 5.92 Å². The maximum atomic E-state index is 12.8. The quantitative estimate of drug-likeness (QED) is 0.857. The van der Waals surface area contributed by atoms with Crippen molar-refractivity contribution in [2.24, 2.45) is 5.92 Å². The van der Waals surface area contributed by atoms with Gasteiger partial charge in [0.2, 0.25) is 0 Å².